The second kappa shape index (κ2) is 8.58. The Morgan fingerprint density at radius 1 is 1.38 bits per heavy atom. The van der Waals surface area contributed by atoms with Crippen LogP contribution in [0.3, 0.4) is 0 Å². The molecule has 0 radical (unpaired) electrons. The maximum atomic E-state index is 5.61. The molecular weight excluding hydrogens is 266 g/mol. The summed E-state index contributed by atoms with van der Waals surface area (Å²) in [7, 11) is 1.74. The molecule has 1 aliphatic heterocycles. The van der Waals surface area contributed by atoms with Crippen LogP contribution in [0.2, 0.25) is 0 Å². The zero-order valence-corrected chi connectivity index (χ0v) is 12.4. The van der Waals surface area contributed by atoms with Crippen LogP contribution >= 0.6 is 0 Å². The topological polar surface area (TPSA) is 40.6 Å². The Bertz CT molecular complexity index is 496. The van der Waals surface area contributed by atoms with E-state index in [4.69, 9.17) is 14.2 Å². The van der Waals surface area contributed by atoms with Gasteiger partial charge in [0.05, 0.1) is 12.2 Å². The number of hydrogen-bond donors (Lipinski definition) is 0. The Kier molecular flexibility index (Phi) is 6.42. The summed E-state index contributed by atoms with van der Waals surface area (Å²) in [5.74, 6) is 5.90. The average molecular weight is 287 g/mol. The van der Waals surface area contributed by atoms with Crippen molar-refractivity contribution in [1.29, 1.82) is 0 Å². The van der Waals surface area contributed by atoms with Crippen LogP contribution < -0.4 is 0 Å². The highest BCUT2D eigenvalue weighted by molar-refractivity contribution is 5.26. The van der Waals surface area contributed by atoms with Crippen molar-refractivity contribution in [2.24, 2.45) is 0 Å². The van der Waals surface area contributed by atoms with Gasteiger partial charge in [-0.1, -0.05) is 24.1 Å². The zero-order chi connectivity index (χ0) is 14.8. The first-order valence-corrected chi connectivity index (χ1v) is 7.13. The van der Waals surface area contributed by atoms with Gasteiger partial charge in [-0.15, -0.1) is 0 Å². The smallest absolute Gasteiger partial charge is 0.113 e. The predicted octanol–water partition coefficient (Wildman–Crippen LogP) is 2.20. The third-order valence-corrected chi connectivity index (χ3v) is 3.44. The second-order valence-electron chi connectivity index (χ2n) is 4.82. The third kappa shape index (κ3) is 5.31. The molecule has 4 nitrogen and oxygen atoms in total. The first kappa shape index (κ1) is 15.7. The molecular formula is C17H21NO3. The largest absolute Gasteiger partial charge is 0.381 e. The van der Waals surface area contributed by atoms with Gasteiger partial charge in [0.2, 0.25) is 0 Å². The Balaban J connectivity index is 1.69. The molecule has 4 heteroatoms. The predicted molar refractivity (Wildman–Crippen MR) is 80.9 cm³/mol. The SMILES string of the molecule is COC1(/C=C/COCC#Cc2ccccn2)CCOCC1. The summed E-state index contributed by atoms with van der Waals surface area (Å²) in [4.78, 5) is 4.12. The molecule has 112 valence electrons. The van der Waals surface area contributed by atoms with Crippen LogP contribution in [0, 0.1) is 11.8 Å². The minimum Gasteiger partial charge on any atom is -0.381 e. The van der Waals surface area contributed by atoms with Crippen molar-refractivity contribution >= 4 is 0 Å². The number of hydrogen-bond acceptors (Lipinski definition) is 4. The highest BCUT2D eigenvalue weighted by Crippen LogP contribution is 2.25. The Hall–Kier alpha value is -1.67. The summed E-state index contributed by atoms with van der Waals surface area (Å²) < 4.78 is 16.4. The van der Waals surface area contributed by atoms with Gasteiger partial charge in [-0.2, -0.15) is 0 Å². The van der Waals surface area contributed by atoms with Crippen molar-refractivity contribution in [3.63, 3.8) is 0 Å². The lowest BCUT2D eigenvalue weighted by molar-refractivity contribution is -0.0589. The van der Waals surface area contributed by atoms with Crippen molar-refractivity contribution in [2.45, 2.75) is 18.4 Å². The number of rotatable bonds is 5. The molecule has 1 aromatic rings. The van der Waals surface area contributed by atoms with Gasteiger partial charge in [-0.25, -0.2) is 4.98 Å². The minimum absolute atomic E-state index is 0.193. The summed E-state index contributed by atoms with van der Waals surface area (Å²) in [5.41, 5.74) is 0.568. The summed E-state index contributed by atoms with van der Waals surface area (Å²) in [6, 6.07) is 5.66. The number of pyridine rings is 1. The first-order valence-electron chi connectivity index (χ1n) is 7.13. The van der Waals surface area contributed by atoms with Crippen molar-refractivity contribution in [1.82, 2.24) is 4.98 Å². The van der Waals surface area contributed by atoms with E-state index in [1.165, 1.54) is 0 Å². The van der Waals surface area contributed by atoms with Crippen LogP contribution in [-0.4, -0.2) is 44.1 Å². The fraction of sp³-hybridized carbons (Fsp3) is 0.471. The van der Waals surface area contributed by atoms with Gasteiger partial charge in [0.25, 0.3) is 0 Å². The quantitative estimate of drug-likeness (QED) is 0.473. The van der Waals surface area contributed by atoms with E-state index in [1.54, 1.807) is 13.3 Å². The molecule has 0 N–H and O–H groups in total. The molecule has 0 bridgehead atoms. The molecule has 0 amide bonds. The lowest BCUT2D eigenvalue weighted by Gasteiger charge is -2.33. The zero-order valence-electron chi connectivity index (χ0n) is 12.4. The number of ether oxygens (including phenoxy) is 3. The van der Waals surface area contributed by atoms with E-state index in [0.29, 0.717) is 13.2 Å². The molecule has 21 heavy (non-hydrogen) atoms. The van der Waals surface area contributed by atoms with Gasteiger partial charge in [-0.3, -0.25) is 0 Å². The molecule has 2 rings (SSSR count). The van der Waals surface area contributed by atoms with Gasteiger partial charge >= 0.3 is 0 Å². The molecule has 0 aromatic carbocycles. The van der Waals surface area contributed by atoms with Crippen LogP contribution in [0.1, 0.15) is 18.5 Å². The van der Waals surface area contributed by atoms with Gasteiger partial charge in [0.1, 0.15) is 12.3 Å². The van der Waals surface area contributed by atoms with E-state index in [-0.39, 0.29) is 5.60 Å². The van der Waals surface area contributed by atoms with E-state index in [9.17, 15) is 0 Å². The minimum atomic E-state index is -0.193. The third-order valence-electron chi connectivity index (χ3n) is 3.44. The molecule has 0 aliphatic carbocycles. The van der Waals surface area contributed by atoms with Crippen LogP contribution in [0.5, 0.6) is 0 Å². The van der Waals surface area contributed by atoms with Crippen LogP contribution in [-0.2, 0) is 14.2 Å². The van der Waals surface area contributed by atoms with Crippen LogP contribution in [0.15, 0.2) is 36.5 Å². The van der Waals surface area contributed by atoms with Crippen molar-refractivity contribution in [2.75, 3.05) is 33.5 Å². The van der Waals surface area contributed by atoms with Crippen LogP contribution in [0.4, 0.5) is 0 Å². The van der Waals surface area contributed by atoms with E-state index in [2.05, 4.69) is 22.9 Å². The number of methoxy groups -OCH3 is 1. The molecule has 2 heterocycles. The molecule has 0 spiro atoms. The lowest BCUT2D eigenvalue weighted by Crippen LogP contribution is -2.36. The molecule has 1 aromatic heterocycles. The van der Waals surface area contributed by atoms with Gasteiger partial charge in [-0.05, 0) is 18.1 Å². The summed E-state index contributed by atoms with van der Waals surface area (Å²) >= 11 is 0. The number of nitrogens with zero attached hydrogens (tertiary/aromatic N) is 1. The highest BCUT2D eigenvalue weighted by atomic mass is 16.5. The van der Waals surface area contributed by atoms with Crippen LogP contribution in [0.25, 0.3) is 0 Å². The standard InChI is InChI=1S/C17H21NO3/c1-19-17(9-14-21-15-10-17)8-5-13-20-12-4-7-16-6-2-3-11-18-16/h2-3,5-6,8,11H,9-10,12-15H2,1H3/b8-5+. The highest BCUT2D eigenvalue weighted by Gasteiger charge is 2.29. The molecule has 1 saturated heterocycles. The number of aromatic nitrogens is 1. The Labute approximate surface area is 126 Å². The Morgan fingerprint density at radius 3 is 2.95 bits per heavy atom. The second-order valence-corrected chi connectivity index (χ2v) is 4.82. The van der Waals surface area contributed by atoms with Gasteiger partial charge in [0.15, 0.2) is 0 Å². The fourth-order valence-electron chi connectivity index (χ4n) is 2.16. The fourth-order valence-corrected chi connectivity index (χ4v) is 2.16. The molecule has 1 fully saturated rings. The maximum absolute atomic E-state index is 5.61. The normalized spacial score (nSPS) is 17.4. The molecule has 0 atom stereocenters. The lowest BCUT2D eigenvalue weighted by atomic mass is 9.93. The first-order chi connectivity index (χ1) is 10.3. The molecule has 0 unspecified atom stereocenters. The maximum Gasteiger partial charge on any atom is 0.113 e. The molecule has 1 aliphatic rings. The van der Waals surface area contributed by atoms with Gasteiger partial charge < -0.3 is 14.2 Å². The van der Waals surface area contributed by atoms with Crippen molar-refractivity contribution in [3.05, 3.63) is 42.2 Å². The van der Waals surface area contributed by atoms with E-state index in [1.807, 2.05) is 24.3 Å². The van der Waals surface area contributed by atoms with E-state index >= 15 is 0 Å². The summed E-state index contributed by atoms with van der Waals surface area (Å²) in [6.45, 7) is 2.41. The monoisotopic (exact) mass is 287 g/mol. The van der Waals surface area contributed by atoms with E-state index < -0.39 is 0 Å². The van der Waals surface area contributed by atoms with Crippen molar-refractivity contribution in [3.8, 4) is 11.8 Å². The van der Waals surface area contributed by atoms with E-state index in [0.717, 1.165) is 31.7 Å². The molecule has 0 saturated carbocycles. The summed E-state index contributed by atoms with van der Waals surface area (Å²) in [5, 5.41) is 0. The Morgan fingerprint density at radius 2 is 2.24 bits per heavy atom. The van der Waals surface area contributed by atoms with Gasteiger partial charge in [0, 0.05) is 39.4 Å². The van der Waals surface area contributed by atoms with Crippen molar-refractivity contribution < 1.29 is 14.2 Å². The summed E-state index contributed by atoms with van der Waals surface area (Å²) in [6.07, 6.45) is 7.59. The average Bonchev–Trinajstić information content (AvgIpc) is 2.56.